The van der Waals surface area contributed by atoms with E-state index in [1.807, 2.05) is 38.1 Å². The SMILES string of the molecule is Cc1ccc(OCC(=O)OCc2nc(-c3cccc(Cl)c3)no2)c(C)c1. The number of rotatable bonds is 6. The van der Waals surface area contributed by atoms with Crippen LogP contribution < -0.4 is 4.74 Å². The molecule has 0 saturated heterocycles. The Morgan fingerprint density at radius 3 is 2.81 bits per heavy atom. The van der Waals surface area contributed by atoms with Gasteiger partial charge < -0.3 is 14.0 Å². The largest absolute Gasteiger partial charge is 0.482 e. The van der Waals surface area contributed by atoms with Gasteiger partial charge in [0.25, 0.3) is 5.89 Å². The van der Waals surface area contributed by atoms with Crippen molar-refractivity contribution in [2.45, 2.75) is 20.5 Å². The molecular weight excluding hydrogens is 356 g/mol. The first-order valence-electron chi connectivity index (χ1n) is 7.95. The second kappa shape index (κ2) is 8.01. The third kappa shape index (κ3) is 4.61. The van der Waals surface area contributed by atoms with Crippen molar-refractivity contribution in [3.63, 3.8) is 0 Å². The molecule has 2 aromatic carbocycles. The fourth-order valence-electron chi connectivity index (χ4n) is 2.34. The molecule has 0 bridgehead atoms. The topological polar surface area (TPSA) is 74.5 Å². The zero-order valence-corrected chi connectivity index (χ0v) is 15.1. The molecule has 0 aliphatic rings. The van der Waals surface area contributed by atoms with E-state index in [4.69, 9.17) is 25.6 Å². The molecule has 0 spiro atoms. The van der Waals surface area contributed by atoms with Crippen LogP contribution >= 0.6 is 11.6 Å². The predicted octanol–water partition coefficient (Wildman–Crippen LogP) is 4.13. The van der Waals surface area contributed by atoms with E-state index in [9.17, 15) is 4.79 Å². The van der Waals surface area contributed by atoms with Crippen LogP contribution in [0.25, 0.3) is 11.4 Å². The second-order valence-corrected chi connectivity index (χ2v) is 6.18. The summed E-state index contributed by atoms with van der Waals surface area (Å²) in [6.07, 6.45) is 0. The molecule has 7 heteroatoms. The first kappa shape index (κ1) is 17.9. The van der Waals surface area contributed by atoms with Crippen molar-refractivity contribution >= 4 is 17.6 Å². The van der Waals surface area contributed by atoms with Crippen molar-refractivity contribution in [3.05, 3.63) is 64.5 Å². The van der Waals surface area contributed by atoms with Gasteiger partial charge in [-0.1, -0.05) is 46.6 Å². The number of hydrogen-bond donors (Lipinski definition) is 0. The van der Waals surface area contributed by atoms with Gasteiger partial charge in [-0.25, -0.2) is 4.79 Å². The zero-order valence-electron chi connectivity index (χ0n) is 14.4. The lowest BCUT2D eigenvalue weighted by Gasteiger charge is -2.09. The van der Waals surface area contributed by atoms with Crippen LogP contribution in [0.2, 0.25) is 5.02 Å². The van der Waals surface area contributed by atoms with Crippen LogP contribution in [-0.2, 0) is 16.1 Å². The highest BCUT2D eigenvalue weighted by molar-refractivity contribution is 6.30. The number of ether oxygens (including phenoxy) is 2. The van der Waals surface area contributed by atoms with Gasteiger partial charge in [-0.05, 0) is 37.6 Å². The van der Waals surface area contributed by atoms with Crippen LogP contribution in [0.3, 0.4) is 0 Å². The smallest absolute Gasteiger partial charge is 0.344 e. The Labute approximate surface area is 155 Å². The van der Waals surface area contributed by atoms with Crippen molar-refractivity contribution in [2.24, 2.45) is 0 Å². The summed E-state index contributed by atoms with van der Waals surface area (Å²) in [6.45, 7) is 3.60. The maximum absolute atomic E-state index is 11.8. The normalized spacial score (nSPS) is 10.6. The van der Waals surface area contributed by atoms with Crippen LogP contribution in [0.1, 0.15) is 17.0 Å². The van der Waals surface area contributed by atoms with Crippen LogP contribution in [0, 0.1) is 13.8 Å². The van der Waals surface area contributed by atoms with Crippen molar-refractivity contribution < 1.29 is 18.8 Å². The molecule has 0 aliphatic heterocycles. The Bertz CT molecular complexity index is 923. The van der Waals surface area contributed by atoms with E-state index in [0.29, 0.717) is 16.6 Å². The molecule has 134 valence electrons. The van der Waals surface area contributed by atoms with Crippen LogP contribution in [0.5, 0.6) is 5.75 Å². The number of carbonyl (C=O) groups is 1. The average molecular weight is 373 g/mol. The van der Waals surface area contributed by atoms with Crippen molar-refractivity contribution in [1.82, 2.24) is 10.1 Å². The summed E-state index contributed by atoms with van der Waals surface area (Å²) in [6, 6.07) is 12.8. The Kier molecular flexibility index (Phi) is 5.53. The first-order chi connectivity index (χ1) is 12.5. The molecule has 26 heavy (non-hydrogen) atoms. The minimum Gasteiger partial charge on any atom is -0.482 e. The molecule has 3 rings (SSSR count). The van der Waals surface area contributed by atoms with E-state index in [1.54, 1.807) is 18.2 Å². The molecule has 0 aliphatic carbocycles. The van der Waals surface area contributed by atoms with Gasteiger partial charge in [-0.3, -0.25) is 0 Å². The van der Waals surface area contributed by atoms with Crippen LogP contribution in [0.15, 0.2) is 47.0 Å². The predicted molar refractivity (Wildman–Crippen MR) is 96.0 cm³/mol. The molecule has 6 nitrogen and oxygen atoms in total. The van der Waals surface area contributed by atoms with Gasteiger partial charge in [0, 0.05) is 10.6 Å². The molecule has 0 unspecified atom stereocenters. The number of aromatic nitrogens is 2. The third-order valence-corrected chi connectivity index (χ3v) is 3.82. The monoisotopic (exact) mass is 372 g/mol. The summed E-state index contributed by atoms with van der Waals surface area (Å²) in [5, 5.41) is 4.42. The number of aryl methyl sites for hydroxylation is 2. The van der Waals surface area contributed by atoms with E-state index < -0.39 is 5.97 Å². The summed E-state index contributed by atoms with van der Waals surface area (Å²) < 4.78 is 15.7. The van der Waals surface area contributed by atoms with Gasteiger partial charge in [0.1, 0.15) is 5.75 Å². The summed E-state index contributed by atoms with van der Waals surface area (Å²) in [7, 11) is 0. The number of carbonyl (C=O) groups excluding carboxylic acids is 1. The number of halogens is 1. The van der Waals surface area contributed by atoms with E-state index in [-0.39, 0.29) is 19.1 Å². The Morgan fingerprint density at radius 2 is 2.04 bits per heavy atom. The Morgan fingerprint density at radius 1 is 1.19 bits per heavy atom. The fourth-order valence-corrected chi connectivity index (χ4v) is 2.53. The first-order valence-corrected chi connectivity index (χ1v) is 8.33. The average Bonchev–Trinajstić information content (AvgIpc) is 3.08. The number of hydrogen-bond acceptors (Lipinski definition) is 6. The molecule has 0 fully saturated rings. The minimum atomic E-state index is -0.521. The molecule has 3 aromatic rings. The summed E-state index contributed by atoms with van der Waals surface area (Å²) >= 11 is 5.94. The molecule has 0 atom stereocenters. The van der Waals surface area contributed by atoms with Crippen LogP contribution in [0.4, 0.5) is 0 Å². The Hall–Kier alpha value is -2.86. The lowest BCUT2D eigenvalue weighted by molar-refractivity contribution is -0.148. The maximum Gasteiger partial charge on any atom is 0.344 e. The summed E-state index contributed by atoms with van der Waals surface area (Å²) in [5.41, 5.74) is 2.81. The fraction of sp³-hybridized carbons (Fsp3) is 0.211. The lowest BCUT2D eigenvalue weighted by Crippen LogP contribution is -2.15. The van der Waals surface area contributed by atoms with Gasteiger partial charge in [0.2, 0.25) is 5.82 Å². The molecule has 1 heterocycles. The minimum absolute atomic E-state index is 0.122. The molecular formula is C19H17ClN2O4. The van der Waals surface area contributed by atoms with Crippen molar-refractivity contribution in [1.29, 1.82) is 0 Å². The Balaban J connectivity index is 1.52. The van der Waals surface area contributed by atoms with Gasteiger partial charge in [0.05, 0.1) is 0 Å². The lowest BCUT2D eigenvalue weighted by atomic mass is 10.1. The number of benzene rings is 2. The maximum atomic E-state index is 11.8. The zero-order chi connectivity index (χ0) is 18.5. The van der Waals surface area contributed by atoms with E-state index >= 15 is 0 Å². The second-order valence-electron chi connectivity index (χ2n) is 5.74. The molecule has 0 radical (unpaired) electrons. The number of esters is 1. The van der Waals surface area contributed by atoms with Gasteiger partial charge >= 0.3 is 5.97 Å². The van der Waals surface area contributed by atoms with E-state index in [2.05, 4.69) is 10.1 Å². The van der Waals surface area contributed by atoms with Gasteiger partial charge in [-0.15, -0.1) is 0 Å². The summed E-state index contributed by atoms with van der Waals surface area (Å²) in [5.74, 6) is 0.700. The highest BCUT2D eigenvalue weighted by Crippen LogP contribution is 2.20. The van der Waals surface area contributed by atoms with Crippen molar-refractivity contribution in [3.8, 4) is 17.1 Å². The molecule has 1 aromatic heterocycles. The molecule has 0 saturated carbocycles. The van der Waals surface area contributed by atoms with E-state index in [1.165, 1.54) is 0 Å². The summed E-state index contributed by atoms with van der Waals surface area (Å²) in [4.78, 5) is 16.0. The molecule has 0 N–H and O–H groups in total. The quantitative estimate of drug-likeness (QED) is 0.606. The van der Waals surface area contributed by atoms with Gasteiger partial charge in [-0.2, -0.15) is 4.98 Å². The van der Waals surface area contributed by atoms with Crippen molar-refractivity contribution in [2.75, 3.05) is 6.61 Å². The van der Waals surface area contributed by atoms with Gasteiger partial charge in [0.15, 0.2) is 13.2 Å². The number of nitrogens with zero attached hydrogens (tertiary/aromatic N) is 2. The standard InChI is InChI=1S/C19H17ClN2O4/c1-12-6-7-16(13(2)8-12)24-11-18(23)25-10-17-21-19(22-26-17)14-4-3-5-15(20)9-14/h3-9H,10-11H2,1-2H3. The highest BCUT2D eigenvalue weighted by atomic mass is 35.5. The third-order valence-electron chi connectivity index (χ3n) is 3.58. The van der Waals surface area contributed by atoms with Crippen LogP contribution in [-0.4, -0.2) is 22.7 Å². The van der Waals surface area contributed by atoms with E-state index in [0.717, 1.165) is 16.7 Å². The highest BCUT2D eigenvalue weighted by Gasteiger charge is 2.12. The molecule has 0 amide bonds.